The molecule has 1 heterocycles. The number of rotatable bonds is 2. The van der Waals surface area contributed by atoms with Gasteiger partial charge in [-0.2, -0.15) is 5.10 Å². The fraction of sp³-hybridized carbons (Fsp3) is 0.0833. The summed E-state index contributed by atoms with van der Waals surface area (Å²) in [5.41, 5.74) is 6.48. The van der Waals surface area contributed by atoms with E-state index in [2.05, 4.69) is 9.94 Å². The van der Waals surface area contributed by atoms with Gasteiger partial charge in [-0.05, 0) is 6.07 Å². The number of hydrogen-bond donors (Lipinski definition) is 1. The fourth-order valence-electron chi connectivity index (χ4n) is 1.60. The molecule has 2 rings (SSSR count). The van der Waals surface area contributed by atoms with Crippen molar-refractivity contribution in [2.75, 3.05) is 5.73 Å². The van der Waals surface area contributed by atoms with Crippen molar-refractivity contribution >= 4 is 28.9 Å². The lowest BCUT2D eigenvalue weighted by molar-refractivity contribution is 0.103. The minimum absolute atomic E-state index is 0.262. The number of anilines is 1. The zero-order valence-electron chi connectivity index (χ0n) is 9.51. The van der Waals surface area contributed by atoms with Crippen LogP contribution in [0.15, 0.2) is 24.3 Å². The Kier molecular flexibility index (Phi) is 3.04. The van der Waals surface area contributed by atoms with Gasteiger partial charge in [-0.1, -0.05) is 23.7 Å². The Morgan fingerprint density at radius 2 is 2.22 bits per heavy atom. The van der Waals surface area contributed by atoms with Gasteiger partial charge >= 0.3 is 0 Å². The number of carbonyl (C=O) groups excluding carboxylic acids is 1. The molecule has 2 aromatic rings. The van der Waals surface area contributed by atoms with Crippen LogP contribution in [-0.2, 0) is 7.05 Å². The van der Waals surface area contributed by atoms with Crippen LogP contribution in [-0.4, -0.2) is 15.6 Å². The molecule has 90 valence electrons. The van der Waals surface area contributed by atoms with Crippen LogP contribution in [0.5, 0.6) is 0 Å². The molecule has 18 heavy (non-hydrogen) atoms. The second-order valence-electron chi connectivity index (χ2n) is 3.68. The highest BCUT2D eigenvalue weighted by Gasteiger charge is 2.17. The second-order valence-corrected chi connectivity index (χ2v) is 4.09. The maximum Gasteiger partial charge on any atom is 0.211 e. The standard InChI is InChI=1S/C12H9ClN4O/c1-15-7-3-4-9(13)8(5-7)12(18)10-6-11(14)16-17(10)2/h3-6H,2H3,(H2,14,16). The molecule has 2 N–H and O–H groups in total. The van der Waals surface area contributed by atoms with Crippen molar-refractivity contribution in [1.29, 1.82) is 0 Å². The number of aryl methyl sites for hydroxylation is 1. The minimum Gasteiger partial charge on any atom is -0.382 e. The van der Waals surface area contributed by atoms with Crippen LogP contribution in [0.1, 0.15) is 16.1 Å². The molecule has 0 aliphatic heterocycles. The Morgan fingerprint density at radius 3 is 2.78 bits per heavy atom. The summed E-state index contributed by atoms with van der Waals surface area (Å²) < 4.78 is 1.39. The van der Waals surface area contributed by atoms with Crippen molar-refractivity contribution in [3.63, 3.8) is 0 Å². The molecule has 0 unspecified atom stereocenters. The number of nitrogen functional groups attached to an aromatic ring is 1. The lowest BCUT2D eigenvalue weighted by Crippen LogP contribution is -2.08. The van der Waals surface area contributed by atoms with Gasteiger partial charge < -0.3 is 5.73 Å². The number of benzene rings is 1. The van der Waals surface area contributed by atoms with Crippen molar-refractivity contribution in [3.8, 4) is 0 Å². The summed E-state index contributed by atoms with van der Waals surface area (Å²) in [6, 6.07) is 6.02. The zero-order chi connectivity index (χ0) is 13.3. The highest BCUT2D eigenvalue weighted by atomic mass is 35.5. The van der Waals surface area contributed by atoms with Gasteiger partial charge in [0.1, 0.15) is 11.5 Å². The van der Waals surface area contributed by atoms with E-state index in [4.69, 9.17) is 23.9 Å². The highest BCUT2D eigenvalue weighted by Crippen LogP contribution is 2.25. The topological polar surface area (TPSA) is 65.3 Å². The average Bonchev–Trinajstić information content (AvgIpc) is 2.68. The molecular formula is C12H9ClN4O. The van der Waals surface area contributed by atoms with Crippen LogP contribution in [0.2, 0.25) is 5.02 Å². The van der Waals surface area contributed by atoms with Crippen molar-refractivity contribution in [2.24, 2.45) is 7.05 Å². The summed E-state index contributed by atoms with van der Waals surface area (Å²) in [5, 5.41) is 4.20. The van der Waals surface area contributed by atoms with E-state index < -0.39 is 0 Å². The molecule has 0 atom stereocenters. The molecule has 0 radical (unpaired) electrons. The average molecular weight is 261 g/mol. The summed E-state index contributed by atoms with van der Waals surface area (Å²) >= 11 is 5.97. The van der Waals surface area contributed by atoms with Gasteiger partial charge in [0.05, 0.1) is 6.57 Å². The number of hydrogen-bond acceptors (Lipinski definition) is 3. The third-order valence-corrected chi connectivity index (χ3v) is 2.78. The summed E-state index contributed by atoms with van der Waals surface area (Å²) in [4.78, 5) is 15.5. The smallest absolute Gasteiger partial charge is 0.211 e. The van der Waals surface area contributed by atoms with Gasteiger partial charge in [-0.3, -0.25) is 9.48 Å². The number of halogens is 1. The SMILES string of the molecule is [C-]#[N+]c1ccc(Cl)c(C(=O)c2cc(N)nn2C)c1. The van der Waals surface area contributed by atoms with Crippen LogP contribution >= 0.6 is 11.6 Å². The molecule has 0 bridgehead atoms. The number of nitrogens with two attached hydrogens (primary N) is 1. The van der Waals surface area contributed by atoms with E-state index >= 15 is 0 Å². The summed E-state index contributed by atoms with van der Waals surface area (Å²) in [5.74, 6) is -0.0458. The Labute approximate surface area is 109 Å². The summed E-state index contributed by atoms with van der Waals surface area (Å²) in [6.45, 7) is 6.94. The predicted molar refractivity (Wildman–Crippen MR) is 68.8 cm³/mol. The molecule has 0 saturated carbocycles. The van der Waals surface area contributed by atoms with E-state index in [1.807, 2.05) is 0 Å². The molecule has 0 aliphatic rings. The highest BCUT2D eigenvalue weighted by molar-refractivity contribution is 6.35. The lowest BCUT2D eigenvalue weighted by Gasteiger charge is -2.04. The maximum atomic E-state index is 12.3. The van der Waals surface area contributed by atoms with Gasteiger partial charge in [0.25, 0.3) is 0 Å². The van der Waals surface area contributed by atoms with E-state index in [1.165, 1.54) is 22.9 Å². The van der Waals surface area contributed by atoms with E-state index in [9.17, 15) is 4.79 Å². The van der Waals surface area contributed by atoms with Gasteiger partial charge in [0.2, 0.25) is 5.78 Å². The quantitative estimate of drug-likeness (QED) is 0.666. The van der Waals surface area contributed by atoms with Crippen LogP contribution in [0.25, 0.3) is 4.85 Å². The third-order valence-electron chi connectivity index (χ3n) is 2.46. The Bertz CT molecular complexity index is 669. The van der Waals surface area contributed by atoms with Crippen LogP contribution in [0.3, 0.4) is 0 Å². The van der Waals surface area contributed by atoms with E-state index in [1.54, 1.807) is 13.1 Å². The van der Waals surface area contributed by atoms with Crippen molar-refractivity contribution in [1.82, 2.24) is 9.78 Å². The summed E-state index contributed by atoms with van der Waals surface area (Å²) in [6.07, 6.45) is 0. The zero-order valence-corrected chi connectivity index (χ0v) is 10.3. The number of ketones is 1. The van der Waals surface area contributed by atoms with Crippen molar-refractivity contribution in [3.05, 3.63) is 52.0 Å². The first-order valence-corrected chi connectivity index (χ1v) is 5.42. The monoisotopic (exact) mass is 260 g/mol. The fourth-order valence-corrected chi connectivity index (χ4v) is 1.80. The molecule has 0 spiro atoms. The molecule has 0 fully saturated rings. The normalized spacial score (nSPS) is 10.1. The Morgan fingerprint density at radius 1 is 1.50 bits per heavy atom. The van der Waals surface area contributed by atoms with Crippen LogP contribution in [0.4, 0.5) is 11.5 Å². The van der Waals surface area contributed by atoms with Gasteiger partial charge in [0, 0.05) is 23.7 Å². The van der Waals surface area contributed by atoms with E-state index in [0.29, 0.717) is 16.4 Å². The van der Waals surface area contributed by atoms with Gasteiger partial charge in [-0.25, -0.2) is 4.85 Å². The first-order chi connectivity index (χ1) is 8.52. The maximum absolute atomic E-state index is 12.3. The second kappa shape index (κ2) is 4.51. The number of nitrogens with zero attached hydrogens (tertiary/aromatic N) is 3. The molecule has 1 aromatic carbocycles. The minimum atomic E-state index is -0.308. The summed E-state index contributed by atoms with van der Waals surface area (Å²) in [7, 11) is 1.62. The van der Waals surface area contributed by atoms with Gasteiger partial charge in [0.15, 0.2) is 5.69 Å². The van der Waals surface area contributed by atoms with Gasteiger partial charge in [-0.15, -0.1) is 0 Å². The molecule has 0 aliphatic carbocycles. The third kappa shape index (κ3) is 2.06. The van der Waals surface area contributed by atoms with Crippen molar-refractivity contribution in [2.45, 2.75) is 0 Å². The van der Waals surface area contributed by atoms with E-state index in [-0.39, 0.29) is 17.2 Å². The molecule has 0 amide bonds. The molecule has 5 nitrogen and oxygen atoms in total. The van der Waals surface area contributed by atoms with Crippen molar-refractivity contribution < 1.29 is 4.79 Å². The largest absolute Gasteiger partial charge is 0.382 e. The van der Waals surface area contributed by atoms with E-state index in [0.717, 1.165) is 0 Å². The predicted octanol–water partition coefficient (Wildman–Crippen LogP) is 2.44. The lowest BCUT2D eigenvalue weighted by atomic mass is 10.1. The molecule has 6 heteroatoms. The Hall–Kier alpha value is -2.32. The first-order valence-electron chi connectivity index (χ1n) is 5.04. The number of aromatic nitrogens is 2. The number of carbonyl (C=O) groups is 1. The first kappa shape index (κ1) is 12.1. The molecule has 1 aromatic heterocycles. The molecule has 0 saturated heterocycles. The molecular weight excluding hydrogens is 252 g/mol. The Balaban J connectivity index is 2.53. The van der Waals surface area contributed by atoms with Crippen LogP contribution < -0.4 is 5.73 Å². The van der Waals surface area contributed by atoms with Crippen LogP contribution in [0, 0.1) is 6.57 Å².